The van der Waals surface area contributed by atoms with Gasteiger partial charge in [-0.1, -0.05) is 25.5 Å². The van der Waals surface area contributed by atoms with Crippen molar-refractivity contribution in [3.8, 4) is 5.75 Å². The lowest BCUT2D eigenvalue weighted by Gasteiger charge is -2.07. The Morgan fingerprint density at radius 1 is 1.53 bits per heavy atom. The van der Waals surface area contributed by atoms with E-state index in [1.54, 1.807) is 6.21 Å². The van der Waals surface area contributed by atoms with E-state index in [0.29, 0.717) is 6.61 Å². The summed E-state index contributed by atoms with van der Waals surface area (Å²) in [6.07, 6.45) is 3.79. The number of nitrogens with two attached hydrogens (primary N) is 1. The van der Waals surface area contributed by atoms with Gasteiger partial charge in [0.2, 0.25) is 0 Å². The number of ether oxygens (including phenoxy) is 1. The van der Waals surface area contributed by atoms with Gasteiger partial charge in [0.25, 0.3) is 0 Å². The van der Waals surface area contributed by atoms with E-state index in [1.807, 2.05) is 24.3 Å². The number of nitrogens with zero attached hydrogens (tertiary/aromatic N) is 1. The minimum atomic E-state index is 0.144. The molecule has 3 N–H and O–H groups in total. The molecule has 0 aromatic heterocycles. The van der Waals surface area contributed by atoms with E-state index in [-0.39, 0.29) is 5.11 Å². The summed E-state index contributed by atoms with van der Waals surface area (Å²) in [4.78, 5) is 0. The first-order valence-electron chi connectivity index (χ1n) is 5.54. The third-order valence-electron chi connectivity index (χ3n) is 2.05. The fraction of sp³-hybridized carbons (Fsp3) is 0.333. The molecule has 0 aliphatic carbocycles. The SMILES string of the molecule is CCCCOc1ccccc1C=NNC(N)=S. The summed E-state index contributed by atoms with van der Waals surface area (Å²) < 4.78 is 5.65. The van der Waals surface area contributed by atoms with Gasteiger partial charge in [-0.15, -0.1) is 0 Å². The van der Waals surface area contributed by atoms with Crippen LogP contribution in [0.1, 0.15) is 25.3 Å². The average Bonchev–Trinajstić information content (AvgIpc) is 2.31. The van der Waals surface area contributed by atoms with E-state index >= 15 is 0 Å². The molecule has 0 aliphatic heterocycles. The van der Waals surface area contributed by atoms with Crippen molar-refractivity contribution >= 4 is 23.5 Å². The van der Waals surface area contributed by atoms with E-state index in [9.17, 15) is 0 Å². The van der Waals surface area contributed by atoms with Crippen molar-refractivity contribution in [2.75, 3.05) is 6.61 Å². The second kappa shape index (κ2) is 7.62. The predicted octanol–water partition coefficient (Wildman–Crippen LogP) is 2.03. The molecule has 0 radical (unpaired) electrons. The molecule has 1 aromatic rings. The van der Waals surface area contributed by atoms with Crippen molar-refractivity contribution in [1.82, 2.24) is 5.43 Å². The zero-order valence-corrected chi connectivity index (χ0v) is 10.7. The lowest BCUT2D eigenvalue weighted by Crippen LogP contribution is -2.24. The van der Waals surface area contributed by atoms with Gasteiger partial charge in [0.15, 0.2) is 5.11 Å². The zero-order valence-electron chi connectivity index (χ0n) is 9.85. The molecule has 0 amide bonds. The zero-order chi connectivity index (χ0) is 12.5. The number of hydrazone groups is 1. The molecule has 0 bridgehead atoms. The van der Waals surface area contributed by atoms with Crippen LogP contribution in [0.25, 0.3) is 0 Å². The fourth-order valence-electron chi connectivity index (χ4n) is 1.21. The molecule has 17 heavy (non-hydrogen) atoms. The van der Waals surface area contributed by atoms with Gasteiger partial charge >= 0.3 is 0 Å². The molecule has 1 rings (SSSR count). The summed E-state index contributed by atoms with van der Waals surface area (Å²) in [7, 11) is 0. The summed E-state index contributed by atoms with van der Waals surface area (Å²) in [6, 6.07) is 7.69. The van der Waals surface area contributed by atoms with Crippen LogP contribution in [0.15, 0.2) is 29.4 Å². The number of para-hydroxylation sites is 1. The Balaban J connectivity index is 2.63. The van der Waals surface area contributed by atoms with Gasteiger partial charge in [0, 0.05) is 5.56 Å². The van der Waals surface area contributed by atoms with Crippen molar-refractivity contribution in [2.45, 2.75) is 19.8 Å². The lowest BCUT2D eigenvalue weighted by atomic mass is 10.2. The highest BCUT2D eigenvalue weighted by molar-refractivity contribution is 7.80. The van der Waals surface area contributed by atoms with Crippen LogP contribution in [0.3, 0.4) is 0 Å². The molecule has 0 spiro atoms. The molecular formula is C12H17N3OS. The first kappa shape index (κ1) is 13.4. The average molecular weight is 251 g/mol. The van der Waals surface area contributed by atoms with Crippen molar-refractivity contribution < 1.29 is 4.74 Å². The predicted molar refractivity (Wildman–Crippen MR) is 74.4 cm³/mol. The first-order chi connectivity index (χ1) is 8.24. The van der Waals surface area contributed by atoms with Crippen molar-refractivity contribution in [2.24, 2.45) is 10.8 Å². The second-order valence-corrected chi connectivity index (χ2v) is 3.91. The van der Waals surface area contributed by atoms with Gasteiger partial charge in [-0.25, -0.2) is 0 Å². The lowest BCUT2D eigenvalue weighted by molar-refractivity contribution is 0.309. The Kier molecular flexibility index (Phi) is 6.03. The molecule has 0 atom stereocenters. The van der Waals surface area contributed by atoms with Gasteiger partial charge in [-0.05, 0) is 30.8 Å². The minimum Gasteiger partial charge on any atom is -0.493 e. The Morgan fingerprint density at radius 2 is 2.29 bits per heavy atom. The third-order valence-corrected chi connectivity index (χ3v) is 2.14. The van der Waals surface area contributed by atoms with Crippen molar-refractivity contribution in [3.63, 3.8) is 0 Å². The monoisotopic (exact) mass is 251 g/mol. The Morgan fingerprint density at radius 3 is 3.00 bits per heavy atom. The first-order valence-corrected chi connectivity index (χ1v) is 5.95. The van der Waals surface area contributed by atoms with Crippen LogP contribution in [0.4, 0.5) is 0 Å². The third kappa shape index (κ3) is 5.31. The molecule has 0 fully saturated rings. The van der Waals surface area contributed by atoms with Crippen molar-refractivity contribution in [3.05, 3.63) is 29.8 Å². The number of hydrogen-bond acceptors (Lipinski definition) is 3. The molecule has 0 unspecified atom stereocenters. The maximum absolute atomic E-state index is 5.65. The second-order valence-electron chi connectivity index (χ2n) is 3.47. The molecular weight excluding hydrogens is 234 g/mol. The van der Waals surface area contributed by atoms with Crippen LogP contribution in [0, 0.1) is 0 Å². The number of hydrogen-bond donors (Lipinski definition) is 2. The van der Waals surface area contributed by atoms with E-state index in [0.717, 1.165) is 24.2 Å². The van der Waals surface area contributed by atoms with Crippen LogP contribution in [0.5, 0.6) is 5.75 Å². The van der Waals surface area contributed by atoms with E-state index < -0.39 is 0 Å². The molecule has 5 heteroatoms. The van der Waals surface area contributed by atoms with Crippen LogP contribution in [-0.4, -0.2) is 17.9 Å². The van der Waals surface area contributed by atoms with Gasteiger partial charge in [0.1, 0.15) is 5.75 Å². The van der Waals surface area contributed by atoms with E-state index in [2.05, 4.69) is 29.7 Å². The van der Waals surface area contributed by atoms with Crippen LogP contribution >= 0.6 is 12.2 Å². The summed E-state index contributed by atoms with van der Waals surface area (Å²) in [5.74, 6) is 0.814. The van der Waals surface area contributed by atoms with Crippen LogP contribution in [0.2, 0.25) is 0 Å². The largest absolute Gasteiger partial charge is 0.493 e. The molecule has 0 heterocycles. The number of unbranched alkanes of at least 4 members (excludes halogenated alkanes) is 1. The molecule has 92 valence electrons. The van der Waals surface area contributed by atoms with E-state index in [1.165, 1.54) is 0 Å². The highest BCUT2D eigenvalue weighted by Crippen LogP contribution is 2.16. The smallest absolute Gasteiger partial charge is 0.184 e. The highest BCUT2D eigenvalue weighted by atomic mass is 32.1. The quantitative estimate of drug-likeness (QED) is 0.351. The normalized spacial score (nSPS) is 10.4. The Labute approximate surface area is 107 Å². The standard InChI is InChI=1S/C12H17N3OS/c1-2-3-8-16-11-7-5-4-6-10(11)9-14-15-12(13)17/h4-7,9H,2-3,8H2,1H3,(H3,13,15,17). The Bertz CT molecular complexity index is 393. The number of benzene rings is 1. The minimum absolute atomic E-state index is 0.144. The summed E-state index contributed by atoms with van der Waals surface area (Å²) >= 11 is 4.65. The van der Waals surface area contributed by atoms with Crippen LogP contribution in [-0.2, 0) is 0 Å². The summed E-state index contributed by atoms with van der Waals surface area (Å²) in [5, 5.41) is 4.05. The fourth-order valence-corrected chi connectivity index (χ4v) is 1.26. The van der Waals surface area contributed by atoms with E-state index in [4.69, 9.17) is 10.5 Å². The molecule has 0 saturated carbocycles. The van der Waals surface area contributed by atoms with Crippen LogP contribution < -0.4 is 15.9 Å². The number of nitrogens with one attached hydrogen (secondary N) is 1. The maximum Gasteiger partial charge on any atom is 0.184 e. The number of thiocarbonyl (C=S) groups is 1. The van der Waals surface area contributed by atoms with Crippen molar-refractivity contribution in [1.29, 1.82) is 0 Å². The Hall–Kier alpha value is -1.62. The summed E-state index contributed by atoms with van der Waals surface area (Å²) in [5.41, 5.74) is 8.68. The molecule has 0 saturated heterocycles. The molecule has 1 aromatic carbocycles. The maximum atomic E-state index is 5.65. The molecule has 4 nitrogen and oxygen atoms in total. The van der Waals surface area contributed by atoms with Gasteiger partial charge in [0.05, 0.1) is 12.8 Å². The van der Waals surface area contributed by atoms with Gasteiger partial charge in [-0.3, -0.25) is 5.43 Å². The van der Waals surface area contributed by atoms with Gasteiger partial charge in [-0.2, -0.15) is 5.10 Å². The highest BCUT2D eigenvalue weighted by Gasteiger charge is 1.99. The summed E-state index contributed by atoms with van der Waals surface area (Å²) in [6.45, 7) is 2.84. The molecule has 0 aliphatic rings. The number of rotatable bonds is 6. The topological polar surface area (TPSA) is 59.6 Å². The van der Waals surface area contributed by atoms with Gasteiger partial charge < -0.3 is 10.5 Å².